The van der Waals surface area contributed by atoms with Crippen molar-refractivity contribution in [3.05, 3.63) is 45.9 Å². The van der Waals surface area contributed by atoms with E-state index in [0.717, 1.165) is 11.4 Å². The second-order valence-electron chi connectivity index (χ2n) is 5.09. The summed E-state index contributed by atoms with van der Waals surface area (Å²) in [7, 11) is 0. The highest BCUT2D eigenvalue weighted by atomic mass is 32.1. The van der Waals surface area contributed by atoms with Crippen LogP contribution in [0.5, 0.6) is 5.75 Å². The van der Waals surface area contributed by atoms with Crippen molar-refractivity contribution in [3.63, 3.8) is 0 Å². The van der Waals surface area contributed by atoms with E-state index in [1.807, 2.05) is 19.1 Å². The van der Waals surface area contributed by atoms with Crippen LogP contribution in [0, 0.1) is 6.92 Å². The normalized spacial score (nSPS) is 10.7. The summed E-state index contributed by atoms with van der Waals surface area (Å²) >= 11 is 1.35. The molecule has 0 unspecified atom stereocenters. The van der Waals surface area contributed by atoms with Gasteiger partial charge in [-0.25, -0.2) is 4.98 Å². The van der Waals surface area contributed by atoms with Crippen molar-refractivity contribution in [1.82, 2.24) is 10.3 Å². The molecule has 0 aliphatic rings. The molecule has 0 radical (unpaired) electrons. The third kappa shape index (κ3) is 4.29. The summed E-state index contributed by atoms with van der Waals surface area (Å²) in [4.78, 5) is 16.6. The molecule has 1 heterocycles. The Morgan fingerprint density at radius 1 is 1.33 bits per heavy atom. The van der Waals surface area contributed by atoms with Gasteiger partial charge in [-0.1, -0.05) is 26.0 Å². The molecule has 2 rings (SSSR count). The number of carbonyl (C=O) groups excluding carboxylic acids is 1. The van der Waals surface area contributed by atoms with Gasteiger partial charge in [0.25, 0.3) is 5.91 Å². The smallest absolute Gasteiger partial charge is 0.263 e. The highest BCUT2D eigenvalue weighted by molar-refractivity contribution is 7.11. The molecule has 0 aliphatic carbocycles. The Morgan fingerprint density at radius 2 is 2.05 bits per heavy atom. The van der Waals surface area contributed by atoms with Gasteiger partial charge in [-0.2, -0.15) is 0 Å². The van der Waals surface area contributed by atoms with Gasteiger partial charge in [0.2, 0.25) is 0 Å². The van der Waals surface area contributed by atoms with Crippen molar-refractivity contribution in [2.45, 2.75) is 26.7 Å². The minimum Gasteiger partial charge on any atom is -0.492 e. The first-order valence-electron chi connectivity index (χ1n) is 6.99. The Morgan fingerprint density at radius 3 is 2.62 bits per heavy atom. The summed E-state index contributed by atoms with van der Waals surface area (Å²) < 4.78 is 5.61. The van der Waals surface area contributed by atoms with Crippen molar-refractivity contribution in [1.29, 1.82) is 0 Å². The van der Waals surface area contributed by atoms with Crippen LogP contribution in [0.4, 0.5) is 0 Å². The Bertz CT molecular complexity index is 591. The maximum Gasteiger partial charge on any atom is 0.263 e. The van der Waals surface area contributed by atoms with E-state index in [1.54, 1.807) is 5.51 Å². The van der Waals surface area contributed by atoms with Crippen LogP contribution in [0.1, 0.15) is 40.7 Å². The van der Waals surface area contributed by atoms with E-state index in [4.69, 9.17) is 4.74 Å². The van der Waals surface area contributed by atoms with Crippen LogP contribution in [-0.4, -0.2) is 24.0 Å². The lowest BCUT2D eigenvalue weighted by Gasteiger charge is -2.09. The molecule has 0 saturated heterocycles. The van der Waals surface area contributed by atoms with Gasteiger partial charge in [-0.3, -0.25) is 4.79 Å². The van der Waals surface area contributed by atoms with Crippen molar-refractivity contribution in [2.75, 3.05) is 13.2 Å². The number of amides is 1. The summed E-state index contributed by atoms with van der Waals surface area (Å²) in [5.41, 5.74) is 3.73. The average Bonchev–Trinajstić information content (AvgIpc) is 2.90. The van der Waals surface area contributed by atoms with E-state index >= 15 is 0 Å². The molecule has 0 atom stereocenters. The standard InChI is InChI=1S/C16H20N2O2S/c1-11(2)13-4-6-14(7-5-13)20-9-8-17-16(19)15-12(3)18-10-21-15/h4-7,10-11H,8-9H2,1-3H3,(H,17,19). The summed E-state index contributed by atoms with van der Waals surface area (Å²) in [6.07, 6.45) is 0. The Kier molecular flexibility index (Phi) is 5.33. The predicted molar refractivity (Wildman–Crippen MR) is 85.2 cm³/mol. The number of hydrogen-bond donors (Lipinski definition) is 1. The van der Waals surface area contributed by atoms with E-state index in [2.05, 4.69) is 36.3 Å². The van der Waals surface area contributed by atoms with Gasteiger partial charge in [-0.05, 0) is 30.5 Å². The topological polar surface area (TPSA) is 51.2 Å². The quantitative estimate of drug-likeness (QED) is 0.832. The number of rotatable bonds is 6. The van der Waals surface area contributed by atoms with Crippen LogP contribution in [0.15, 0.2) is 29.8 Å². The molecule has 21 heavy (non-hydrogen) atoms. The summed E-state index contributed by atoms with van der Waals surface area (Å²) in [5, 5.41) is 2.83. The molecule has 1 amide bonds. The second-order valence-corrected chi connectivity index (χ2v) is 5.95. The Labute approximate surface area is 129 Å². The summed E-state index contributed by atoms with van der Waals surface area (Å²) in [6, 6.07) is 8.06. The largest absolute Gasteiger partial charge is 0.492 e. The third-order valence-corrected chi connectivity index (χ3v) is 4.08. The fourth-order valence-electron chi connectivity index (χ4n) is 1.88. The van der Waals surface area contributed by atoms with Crippen LogP contribution in [0.3, 0.4) is 0 Å². The fourth-order valence-corrected chi connectivity index (χ4v) is 2.60. The van der Waals surface area contributed by atoms with E-state index in [9.17, 15) is 4.79 Å². The number of carbonyl (C=O) groups is 1. The van der Waals surface area contributed by atoms with E-state index < -0.39 is 0 Å². The highest BCUT2D eigenvalue weighted by Crippen LogP contribution is 2.18. The van der Waals surface area contributed by atoms with Crippen LogP contribution >= 0.6 is 11.3 Å². The Hall–Kier alpha value is -1.88. The van der Waals surface area contributed by atoms with Crippen molar-refractivity contribution >= 4 is 17.2 Å². The number of hydrogen-bond acceptors (Lipinski definition) is 4. The number of aromatic nitrogens is 1. The first-order valence-corrected chi connectivity index (χ1v) is 7.87. The van der Waals surface area contributed by atoms with Crippen molar-refractivity contribution in [2.24, 2.45) is 0 Å². The second kappa shape index (κ2) is 7.22. The minimum absolute atomic E-state index is 0.0891. The molecule has 112 valence electrons. The molecule has 0 saturated carbocycles. The molecule has 0 aliphatic heterocycles. The molecule has 0 bridgehead atoms. The molecule has 0 spiro atoms. The number of nitrogens with one attached hydrogen (secondary N) is 1. The van der Waals surface area contributed by atoms with E-state index in [-0.39, 0.29) is 5.91 Å². The molecular weight excluding hydrogens is 284 g/mol. The zero-order valence-electron chi connectivity index (χ0n) is 12.6. The highest BCUT2D eigenvalue weighted by Gasteiger charge is 2.10. The number of benzene rings is 1. The van der Waals surface area contributed by atoms with Crippen LogP contribution in [-0.2, 0) is 0 Å². The third-order valence-electron chi connectivity index (χ3n) is 3.15. The molecule has 4 nitrogen and oxygen atoms in total. The van der Waals surface area contributed by atoms with Gasteiger partial charge in [-0.15, -0.1) is 11.3 Å². The first-order chi connectivity index (χ1) is 10.1. The number of ether oxygens (including phenoxy) is 1. The molecule has 0 fully saturated rings. The number of nitrogens with zero attached hydrogens (tertiary/aromatic N) is 1. The average molecular weight is 304 g/mol. The maximum absolute atomic E-state index is 11.9. The molecule has 1 aromatic carbocycles. The van der Waals surface area contributed by atoms with Gasteiger partial charge in [0.15, 0.2) is 0 Å². The van der Waals surface area contributed by atoms with E-state index in [1.165, 1.54) is 16.9 Å². The van der Waals surface area contributed by atoms with Crippen molar-refractivity contribution in [3.8, 4) is 5.75 Å². The first kappa shape index (κ1) is 15.5. The van der Waals surface area contributed by atoms with Crippen LogP contribution in [0.2, 0.25) is 0 Å². The van der Waals surface area contributed by atoms with Gasteiger partial charge >= 0.3 is 0 Å². The molecular formula is C16H20N2O2S. The minimum atomic E-state index is -0.0891. The van der Waals surface area contributed by atoms with Gasteiger partial charge < -0.3 is 10.1 Å². The lowest BCUT2D eigenvalue weighted by molar-refractivity contribution is 0.0950. The molecule has 1 N–H and O–H groups in total. The monoisotopic (exact) mass is 304 g/mol. The number of aryl methyl sites for hydroxylation is 1. The maximum atomic E-state index is 11.9. The van der Waals surface area contributed by atoms with Gasteiger partial charge in [0.05, 0.1) is 17.7 Å². The van der Waals surface area contributed by atoms with E-state index in [0.29, 0.717) is 23.9 Å². The molecule has 1 aromatic heterocycles. The number of thiazole rings is 1. The summed E-state index contributed by atoms with van der Waals surface area (Å²) in [6.45, 7) is 7.07. The van der Waals surface area contributed by atoms with Crippen molar-refractivity contribution < 1.29 is 9.53 Å². The zero-order valence-corrected chi connectivity index (χ0v) is 13.4. The summed E-state index contributed by atoms with van der Waals surface area (Å²) in [5.74, 6) is 1.25. The van der Waals surface area contributed by atoms with Gasteiger partial charge in [0.1, 0.15) is 17.2 Å². The van der Waals surface area contributed by atoms with Crippen LogP contribution in [0.25, 0.3) is 0 Å². The zero-order chi connectivity index (χ0) is 15.2. The molecule has 2 aromatic rings. The molecule has 5 heteroatoms. The predicted octanol–water partition coefficient (Wildman–Crippen LogP) is 3.38. The van der Waals surface area contributed by atoms with Gasteiger partial charge in [0, 0.05) is 0 Å². The Balaban J connectivity index is 1.75. The fraction of sp³-hybridized carbons (Fsp3) is 0.375. The lowest BCUT2D eigenvalue weighted by Crippen LogP contribution is -2.27. The lowest BCUT2D eigenvalue weighted by atomic mass is 10.0. The van der Waals surface area contributed by atoms with Crippen LogP contribution < -0.4 is 10.1 Å². The SMILES string of the molecule is Cc1ncsc1C(=O)NCCOc1ccc(C(C)C)cc1.